The van der Waals surface area contributed by atoms with Gasteiger partial charge in [0.15, 0.2) is 0 Å². The monoisotopic (exact) mass is 375 g/mol. The minimum Gasteiger partial charge on any atom is -0.478 e. The standard InChI is InChI=1S/C14H6Cl2F3N3O2/c15-9-3-8(14(17,18)19)4-10(16)13(9)22-11(1-2-12(23)24)7(5-20)6-21-22/h1-4,6H,(H,23,24)/b2-1+. The average molecular weight is 376 g/mol. The van der Waals surface area contributed by atoms with Crippen LogP contribution in [0.2, 0.25) is 10.0 Å². The molecule has 0 amide bonds. The Kier molecular flexibility index (Phi) is 4.87. The molecule has 0 unspecified atom stereocenters. The fourth-order valence-electron chi connectivity index (χ4n) is 1.86. The molecule has 0 atom stereocenters. The second-order valence-corrected chi connectivity index (χ2v) is 5.24. The number of carboxylic acid groups (broad SMARTS) is 1. The van der Waals surface area contributed by atoms with Crippen molar-refractivity contribution in [2.45, 2.75) is 6.18 Å². The number of benzene rings is 1. The third-order valence-electron chi connectivity index (χ3n) is 2.87. The van der Waals surface area contributed by atoms with E-state index in [1.807, 2.05) is 0 Å². The molecule has 1 heterocycles. The zero-order valence-electron chi connectivity index (χ0n) is 11.5. The molecule has 0 bridgehead atoms. The van der Waals surface area contributed by atoms with Crippen LogP contribution in [0, 0.1) is 11.3 Å². The quantitative estimate of drug-likeness (QED) is 0.816. The van der Waals surface area contributed by atoms with Crippen molar-refractivity contribution in [2.24, 2.45) is 0 Å². The lowest BCUT2D eigenvalue weighted by Gasteiger charge is -2.13. The van der Waals surface area contributed by atoms with Gasteiger partial charge in [-0.1, -0.05) is 23.2 Å². The van der Waals surface area contributed by atoms with Crippen molar-refractivity contribution in [2.75, 3.05) is 0 Å². The number of aromatic nitrogens is 2. The van der Waals surface area contributed by atoms with Crippen LogP contribution in [0.5, 0.6) is 0 Å². The molecule has 2 aromatic rings. The minimum absolute atomic E-state index is 0.000434. The summed E-state index contributed by atoms with van der Waals surface area (Å²) in [5, 5.41) is 20.9. The fourth-order valence-corrected chi connectivity index (χ4v) is 2.51. The Morgan fingerprint density at radius 1 is 1.33 bits per heavy atom. The third kappa shape index (κ3) is 3.53. The van der Waals surface area contributed by atoms with Gasteiger partial charge < -0.3 is 5.11 Å². The van der Waals surface area contributed by atoms with Crippen molar-refractivity contribution in [3.63, 3.8) is 0 Å². The molecule has 2 rings (SSSR count). The van der Waals surface area contributed by atoms with Crippen LogP contribution in [0.25, 0.3) is 11.8 Å². The molecular formula is C14H6Cl2F3N3O2. The van der Waals surface area contributed by atoms with Crippen LogP contribution in [0.1, 0.15) is 16.8 Å². The SMILES string of the molecule is N#Cc1cnn(-c2c(Cl)cc(C(F)(F)F)cc2Cl)c1/C=C/C(=O)O. The molecule has 0 saturated heterocycles. The maximum atomic E-state index is 12.8. The Morgan fingerprint density at radius 3 is 2.38 bits per heavy atom. The van der Waals surface area contributed by atoms with E-state index in [-0.39, 0.29) is 27.0 Å². The molecule has 1 aromatic carbocycles. The lowest BCUT2D eigenvalue weighted by atomic mass is 10.2. The molecular weight excluding hydrogens is 370 g/mol. The number of halogens is 5. The van der Waals surface area contributed by atoms with Crippen molar-refractivity contribution in [1.82, 2.24) is 9.78 Å². The summed E-state index contributed by atoms with van der Waals surface area (Å²) in [6.45, 7) is 0. The Labute approximate surface area is 143 Å². The van der Waals surface area contributed by atoms with Gasteiger partial charge in [-0.05, 0) is 18.2 Å². The summed E-state index contributed by atoms with van der Waals surface area (Å²) in [7, 11) is 0. The molecule has 0 spiro atoms. The largest absolute Gasteiger partial charge is 0.478 e. The summed E-state index contributed by atoms with van der Waals surface area (Å²) < 4.78 is 39.3. The van der Waals surface area contributed by atoms with E-state index in [0.29, 0.717) is 12.1 Å². The number of hydrogen-bond donors (Lipinski definition) is 1. The van der Waals surface area contributed by atoms with Crippen LogP contribution in [0.4, 0.5) is 13.2 Å². The van der Waals surface area contributed by atoms with Gasteiger partial charge in [0.2, 0.25) is 0 Å². The van der Waals surface area contributed by atoms with Gasteiger partial charge in [0.25, 0.3) is 0 Å². The zero-order chi connectivity index (χ0) is 18.1. The first-order chi connectivity index (χ1) is 11.1. The van der Waals surface area contributed by atoms with Crippen LogP contribution in [0.15, 0.2) is 24.4 Å². The van der Waals surface area contributed by atoms with Crippen molar-refractivity contribution in [1.29, 1.82) is 5.26 Å². The number of nitriles is 1. The highest BCUT2D eigenvalue weighted by atomic mass is 35.5. The van der Waals surface area contributed by atoms with E-state index in [4.69, 9.17) is 33.6 Å². The molecule has 0 aliphatic heterocycles. The van der Waals surface area contributed by atoms with E-state index in [9.17, 15) is 18.0 Å². The summed E-state index contributed by atoms with van der Waals surface area (Å²) in [6, 6.07) is 3.13. The Balaban J connectivity index is 2.68. The Bertz CT molecular complexity index is 859. The number of hydrogen-bond acceptors (Lipinski definition) is 3. The van der Waals surface area contributed by atoms with E-state index in [1.165, 1.54) is 0 Å². The fraction of sp³-hybridized carbons (Fsp3) is 0.0714. The number of carbonyl (C=O) groups is 1. The number of alkyl halides is 3. The van der Waals surface area contributed by atoms with Crippen LogP contribution in [-0.4, -0.2) is 20.9 Å². The zero-order valence-corrected chi connectivity index (χ0v) is 13.0. The molecule has 124 valence electrons. The lowest BCUT2D eigenvalue weighted by molar-refractivity contribution is -0.137. The van der Waals surface area contributed by atoms with Gasteiger partial charge in [-0.25, -0.2) is 9.48 Å². The van der Waals surface area contributed by atoms with Gasteiger partial charge in [-0.2, -0.15) is 23.5 Å². The summed E-state index contributed by atoms with van der Waals surface area (Å²) >= 11 is 11.8. The maximum Gasteiger partial charge on any atom is 0.416 e. The summed E-state index contributed by atoms with van der Waals surface area (Å²) in [6.07, 6.45) is -1.70. The molecule has 10 heteroatoms. The maximum absolute atomic E-state index is 12.8. The topological polar surface area (TPSA) is 78.9 Å². The highest BCUT2D eigenvalue weighted by Crippen LogP contribution is 2.38. The predicted octanol–water partition coefficient (Wildman–Crippen LogP) is 4.17. The summed E-state index contributed by atoms with van der Waals surface area (Å²) in [4.78, 5) is 10.7. The van der Waals surface area contributed by atoms with E-state index in [2.05, 4.69) is 5.10 Å². The highest BCUT2D eigenvalue weighted by Gasteiger charge is 2.32. The van der Waals surface area contributed by atoms with E-state index < -0.39 is 17.7 Å². The van der Waals surface area contributed by atoms with E-state index in [1.54, 1.807) is 6.07 Å². The number of nitrogens with zero attached hydrogens (tertiary/aromatic N) is 3. The third-order valence-corrected chi connectivity index (χ3v) is 3.44. The van der Waals surface area contributed by atoms with Crippen LogP contribution in [-0.2, 0) is 11.0 Å². The Morgan fingerprint density at radius 2 is 1.92 bits per heavy atom. The van der Waals surface area contributed by atoms with E-state index in [0.717, 1.165) is 23.0 Å². The van der Waals surface area contributed by atoms with Gasteiger partial charge in [-0.15, -0.1) is 0 Å². The van der Waals surface area contributed by atoms with Gasteiger partial charge in [0, 0.05) is 6.08 Å². The van der Waals surface area contributed by atoms with Gasteiger partial charge in [-0.3, -0.25) is 0 Å². The molecule has 0 aliphatic rings. The molecule has 0 radical (unpaired) electrons. The van der Waals surface area contributed by atoms with Gasteiger partial charge >= 0.3 is 12.1 Å². The molecule has 24 heavy (non-hydrogen) atoms. The van der Waals surface area contributed by atoms with Crippen molar-refractivity contribution < 1.29 is 23.1 Å². The number of aliphatic carboxylic acids is 1. The lowest BCUT2D eigenvalue weighted by Crippen LogP contribution is -2.08. The Hall–Kier alpha value is -2.50. The second-order valence-electron chi connectivity index (χ2n) is 4.42. The van der Waals surface area contributed by atoms with Crippen LogP contribution >= 0.6 is 23.2 Å². The average Bonchev–Trinajstić information content (AvgIpc) is 2.86. The first-order valence-electron chi connectivity index (χ1n) is 6.11. The molecule has 5 nitrogen and oxygen atoms in total. The molecule has 0 fully saturated rings. The first kappa shape index (κ1) is 17.8. The second kappa shape index (κ2) is 6.55. The smallest absolute Gasteiger partial charge is 0.416 e. The molecule has 0 aliphatic carbocycles. The number of carboxylic acids is 1. The molecule has 0 saturated carbocycles. The molecule has 1 N–H and O–H groups in total. The van der Waals surface area contributed by atoms with E-state index >= 15 is 0 Å². The first-order valence-corrected chi connectivity index (χ1v) is 6.86. The van der Waals surface area contributed by atoms with Gasteiger partial charge in [0.05, 0.1) is 33.1 Å². The van der Waals surface area contributed by atoms with Crippen molar-refractivity contribution >= 4 is 35.2 Å². The summed E-state index contributed by atoms with van der Waals surface area (Å²) in [5.74, 6) is -1.28. The normalized spacial score (nSPS) is 11.7. The highest BCUT2D eigenvalue weighted by molar-refractivity contribution is 6.37. The van der Waals surface area contributed by atoms with Crippen molar-refractivity contribution in [3.05, 3.63) is 51.3 Å². The molecule has 1 aromatic heterocycles. The predicted molar refractivity (Wildman–Crippen MR) is 80.0 cm³/mol. The summed E-state index contributed by atoms with van der Waals surface area (Å²) in [5.41, 5.74) is -1.13. The van der Waals surface area contributed by atoms with Gasteiger partial charge in [0.1, 0.15) is 11.8 Å². The van der Waals surface area contributed by atoms with Crippen LogP contribution in [0.3, 0.4) is 0 Å². The van der Waals surface area contributed by atoms with Crippen LogP contribution < -0.4 is 0 Å². The minimum atomic E-state index is -4.64. The number of rotatable bonds is 3. The van der Waals surface area contributed by atoms with Crippen molar-refractivity contribution in [3.8, 4) is 11.8 Å².